The number of fused-ring (bicyclic) bond motifs is 1. The van der Waals surface area contributed by atoms with Crippen molar-refractivity contribution in [1.82, 2.24) is 4.90 Å². The van der Waals surface area contributed by atoms with Crippen molar-refractivity contribution >= 4 is 11.3 Å². The molecule has 1 aromatic rings. The van der Waals surface area contributed by atoms with Gasteiger partial charge in [0.1, 0.15) is 0 Å². The molecule has 100 valence electrons. The van der Waals surface area contributed by atoms with Gasteiger partial charge in [-0.2, -0.15) is 0 Å². The van der Waals surface area contributed by atoms with E-state index in [1.165, 1.54) is 51.7 Å². The average molecular weight is 263 g/mol. The molecule has 1 aliphatic heterocycles. The van der Waals surface area contributed by atoms with E-state index in [1.54, 1.807) is 16.0 Å². The Morgan fingerprint density at radius 3 is 2.67 bits per heavy atom. The van der Waals surface area contributed by atoms with Crippen LogP contribution < -0.4 is 0 Å². The van der Waals surface area contributed by atoms with Gasteiger partial charge in [-0.1, -0.05) is 13.8 Å². The first kappa shape index (κ1) is 12.7. The SMILES string of the molecule is C[C@@H]1C[C@H](C)CN(Cc2csc3c2CCCC3)C1. The summed E-state index contributed by atoms with van der Waals surface area (Å²) in [5.41, 5.74) is 3.37. The van der Waals surface area contributed by atoms with Gasteiger partial charge in [-0.3, -0.25) is 4.90 Å². The van der Waals surface area contributed by atoms with E-state index in [0.29, 0.717) is 0 Å². The normalized spacial score (nSPS) is 29.2. The highest BCUT2D eigenvalue weighted by Gasteiger charge is 2.23. The summed E-state index contributed by atoms with van der Waals surface area (Å²) >= 11 is 2.02. The Balaban J connectivity index is 1.70. The molecule has 0 bridgehead atoms. The first-order valence-electron chi connectivity index (χ1n) is 7.53. The van der Waals surface area contributed by atoms with E-state index < -0.39 is 0 Å². The van der Waals surface area contributed by atoms with Crippen molar-refractivity contribution in [2.24, 2.45) is 11.8 Å². The van der Waals surface area contributed by atoms with Crippen LogP contribution in [0.3, 0.4) is 0 Å². The zero-order valence-electron chi connectivity index (χ0n) is 11.7. The fourth-order valence-electron chi connectivity index (χ4n) is 3.86. The summed E-state index contributed by atoms with van der Waals surface area (Å²) in [5.74, 6) is 1.76. The second kappa shape index (κ2) is 5.34. The molecular weight excluding hydrogens is 238 g/mol. The Bertz CT molecular complexity index is 399. The standard InChI is InChI=1S/C16H25NS/c1-12-7-13(2)9-17(8-12)10-14-11-18-16-6-4-3-5-15(14)16/h11-13H,3-10H2,1-2H3/t12-,13+. The van der Waals surface area contributed by atoms with Gasteiger partial charge in [0.25, 0.3) is 0 Å². The lowest BCUT2D eigenvalue weighted by atomic mass is 9.91. The van der Waals surface area contributed by atoms with Crippen molar-refractivity contribution in [2.75, 3.05) is 13.1 Å². The van der Waals surface area contributed by atoms with Gasteiger partial charge in [-0.25, -0.2) is 0 Å². The first-order chi connectivity index (χ1) is 8.72. The number of rotatable bonds is 2. The van der Waals surface area contributed by atoms with E-state index in [-0.39, 0.29) is 0 Å². The van der Waals surface area contributed by atoms with Gasteiger partial charge >= 0.3 is 0 Å². The molecule has 1 nitrogen and oxygen atoms in total. The zero-order chi connectivity index (χ0) is 12.5. The van der Waals surface area contributed by atoms with E-state index in [4.69, 9.17) is 0 Å². The number of nitrogens with zero attached hydrogens (tertiary/aromatic N) is 1. The van der Waals surface area contributed by atoms with Crippen molar-refractivity contribution in [3.63, 3.8) is 0 Å². The average Bonchev–Trinajstić information content (AvgIpc) is 2.72. The van der Waals surface area contributed by atoms with Crippen molar-refractivity contribution in [3.05, 3.63) is 21.4 Å². The maximum absolute atomic E-state index is 2.69. The third kappa shape index (κ3) is 2.65. The van der Waals surface area contributed by atoms with Crippen LogP contribution in [0.1, 0.15) is 49.1 Å². The van der Waals surface area contributed by atoms with Gasteiger partial charge in [0.05, 0.1) is 0 Å². The number of piperidine rings is 1. The lowest BCUT2D eigenvalue weighted by Crippen LogP contribution is -2.38. The van der Waals surface area contributed by atoms with Gasteiger partial charge in [0.2, 0.25) is 0 Å². The topological polar surface area (TPSA) is 3.24 Å². The molecule has 1 aliphatic carbocycles. The van der Waals surface area contributed by atoms with Gasteiger partial charge in [0.15, 0.2) is 0 Å². The summed E-state index contributed by atoms with van der Waals surface area (Å²) < 4.78 is 0. The van der Waals surface area contributed by atoms with Crippen molar-refractivity contribution in [1.29, 1.82) is 0 Å². The van der Waals surface area contributed by atoms with Crippen LogP contribution >= 0.6 is 11.3 Å². The second-order valence-corrected chi connectivity index (χ2v) is 7.47. The Labute approximate surface area is 115 Å². The minimum Gasteiger partial charge on any atom is -0.299 e. The smallest absolute Gasteiger partial charge is 0.0245 e. The highest BCUT2D eigenvalue weighted by atomic mass is 32.1. The molecule has 3 rings (SSSR count). The molecule has 0 aromatic carbocycles. The van der Waals surface area contributed by atoms with Gasteiger partial charge in [-0.15, -0.1) is 11.3 Å². The van der Waals surface area contributed by atoms with E-state index in [0.717, 1.165) is 11.8 Å². The third-order valence-electron chi connectivity index (χ3n) is 4.49. The molecule has 2 atom stereocenters. The molecule has 1 aromatic heterocycles. The van der Waals surface area contributed by atoms with E-state index in [1.807, 2.05) is 11.3 Å². The number of hydrogen-bond donors (Lipinski definition) is 0. The number of thiophene rings is 1. The van der Waals surface area contributed by atoms with Crippen LogP contribution in [0.15, 0.2) is 5.38 Å². The molecule has 0 spiro atoms. The van der Waals surface area contributed by atoms with Gasteiger partial charge < -0.3 is 0 Å². The monoisotopic (exact) mass is 263 g/mol. The fraction of sp³-hybridized carbons (Fsp3) is 0.750. The van der Waals surface area contributed by atoms with Crippen LogP contribution in [0.25, 0.3) is 0 Å². The molecule has 1 fully saturated rings. The lowest BCUT2D eigenvalue weighted by Gasteiger charge is -2.35. The van der Waals surface area contributed by atoms with Crippen molar-refractivity contribution in [3.8, 4) is 0 Å². The number of likely N-dealkylation sites (tertiary alicyclic amines) is 1. The maximum Gasteiger partial charge on any atom is 0.0245 e. The molecule has 0 amide bonds. The van der Waals surface area contributed by atoms with Crippen LogP contribution in [-0.2, 0) is 19.4 Å². The Hall–Kier alpha value is -0.340. The van der Waals surface area contributed by atoms with Gasteiger partial charge in [0, 0.05) is 24.5 Å². The summed E-state index contributed by atoms with van der Waals surface area (Å²) in [6.45, 7) is 8.63. The minimum absolute atomic E-state index is 0.878. The molecule has 18 heavy (non-hydrogen) atoms. The Morgan fingerprint density at radius 1 is 1.17 bits per heavy atom. The highest BCUT2D eigenvalue weighted by molar-refractivity contribution is 7.10. The van der Waals surface area contributed by atoms with E-state index in [9.17, 15) is 0 Å². The zero-order valence-corrected chi connectivity index (χ0v) is 12.6. The second-order valence-electron chi connectivity index (χ2n) is 6.51. The van der Waals surface area contributed by atoms with Crippen molar-refractivity contribution in [2.45, 2.75) is 52.5 Å². The quantitative estimate of drug-likeness (QED) is 0.776. The predicted octanol–water partition coefficient (Wildman–Crippen LogP) is 4.10. The van der Waals surface area contributed by atoms with E-state index in [2.05, 4.69) is 24.1 Å². The van der Waals surface area contributed by atoms with Crippen LogP contribution in [-0.4, -0.2) is 18.0 Å². The summed E-state index contributed by atoms with van der Waals surface area (Å²) in [6, 6.07) is 0. The summed E-state index contributed by atoms with van der Waals surface area (Å²) in [5, 5.41) is 2.44. The van der Waals surface area contributed by atoms with E-state index >= 15 is 0 Å². The fourth-order valence-corrected chi connectivity index (χ4v) is 4.99. The third-order valence-corrected chi connectivity index (χ3v) is 5.62. The molecule has 1 saturated heterocycles. The molecule has 0 unspecified atom stereocenters. The largest absolute Gasteiger partial charge is 0.299 e. The molecule has 0 N–H and O–H groups in total. The summed E-state index contributed by atoms with van der Waals surface area (Å²) in [4.78, 5) is 4.38. The number of hydrogen-bond acceptors (Lipinski definition) is 2. The van der Waals surface area contributed by atoms with Crippen molar-refractivity contribution < 1.29 is 0 Å². The molecule has 0 saturated carbocycles. The van der Waals surface area contributed by atoms with Crippen LogP contribution in [0.2, 0.25) is 0 Å². The van der Waals surface area contributed by atoms with Crippen LogP contribution in [0.4, 0.5) is 0 Å². The maximum atomic E-state index is 2.69. The molecule has 2 heteroatoms. The molecule has 2 heterocycles. The minimum atomic E-state index is 0.878. The molecule has 0 radical (unpaired) electrons. The first-order valence-corrected chi connectivity index (χ1v) is 8.41. The molecular formula is C16H25NS. The summed E-state index contributed by atoms with van der Waals surface area (Å²) in [6.07, 6.45) is 6.91. The Morgan fingerprint density at radius 2 is 1.89 bits per heavy atom. The van der Waals surface area contributed by atoms with Gasteiger partial charge in [-0.05, 0) is 60.4 Å². The predicted molar refractivity (Wildman–Crippen MR) is 79.2 cm³/mol. The molecule has 2 aliphatic rings. The van der Waals surface area contributed by atoms with Crippen LogP contribution in [0, 0.1) is 11.8 Å². The van der Waals surface area contributed by atoms with Crippen LogP contribution in [0.5, 0.6) is 0 Å². The summed E-state index contributed by atoms with van der Waals surface area (Å²) in [7, 11) is 0. The Kier molecular flexibility index (Phi) is 3.76. The lowest BCUT2D eigenvalue weighted by molar-refractivity contribution is 0.134. The highest BCUT2D eigenvalue weighted by Crippen LogP contribution is 2.32. The number of aryl methyl sites for hydroxylation is 1.